The van der Waals surface area contributed by atoms with Crippen LogP contribution < -0.4 is 24.8 Å². The van der Waals surface area contributed by atoms with Gasteiger partial charge >= 0.3 is 0 Å². The Kier molecular flexibility index (Phi) is 7.49. The number of aromatic nitrogens is 2. The van der Waals surface area contributed by atoms with E-state index in [2.05, 4.69) is 27.2 Å². The van der Waals surface area contributed by atoms with E-state index in [0.29, 0.717) is 57.7 Å². The quantitative estimate of drug-likeness (QED) is 0.429. The number of ether oxygens (including phenoxy) is 4. The largest absolute Gasteiger partial charge is 0.495 e. The van der Waals surface area contributed by atoms with E-state index in [4.69, 9.17) is 42.1 Å². The summed E-state index contributed by atoms with van der Waals surface area (Å²) >= 11 is 13.2. The van der Waals surface area contributed by atoms with Crippen LogP contribution in [-0.4, -0.2) is 62.5 Å². The van der Waals surface area contributed by atoms with Gasteiger partial charge in [-0.25, -0.2) is 9.97 Å². The average molecular weight is 519 g/mol. The fourth-order valence-electron chi connectivity index (χ4n) is 3.86. The number of nitrogens with zero attached hydrogens (tertiary/aromatic N) is 2. The molecule has 2 N–H and O–H groups in total. The van der Waals surface area contributed by atoms with Crippen molar-refractivity contribution in [1.29, 1.82) is 0 Å². The predicted octanol–water partition coefficient (Wildman–Crippen LogP) is 4.11. The Hall–Kier alpha value is -3.27. The third-order valence-electron chi connectivity index (χ3n) is 5.63. The van der Waals surface area contributed by atoms with Crippen molar-refractivity contribution in [1.82, 2.24) is 15.3 Å². The summed E-state index contributed by atoms with van der Waals surface area (Å²) in [5.41, 5.74) is 0.927. The van der Waals surface area contributed by atoms with Gasteiger partial charge in [0, 0.05) is 28.6 Å². The normalized spacial score (nSPS) is 17.2. The number of anilines is 1. The molecule has 0 aliphatic carbocycles. The van der Waals surface area contributed by atoms with Gasteiger partial charge in [0.15, 0.2) is 0 Å². The SMILES string of the molecule is C=CC(=O)N[C@H]1COC[C@H]1Nc1cc2c(OC)nc(-c3c(Cl)c(OC)cc(OC)c3Cl)cc2cn1. The van der Waals surface area contributed by atoms with Gasteiger partial charge in [-0.3, -0.25) is 4.79 Å². The first-order valence-corrected chi connectivity index (χ1v) is 11.4. The Bertz CT molecular complexity index is 1260. The second-order valence-electron chi connectivity index (χ2n) is 7.70. The van der Waals surface area contributed by atoms with Crippen LogP contribution in [0.2, 0.25) is 10.0 Å². The molecule has 3 heterocycles. The van der Waals surface area contributed by atoms with Crippen LogP contribution in [0.25, 0.3) is 22.0 Å². The molecule has 1 saturated heterocycles. The van der Waals surface area contributed by atoms with Gasteiger partial charge in [-0.05, 0) is 18.2 Å². The average Bonchev–Trinajstić information content (AvgIpc) is 3.29. The zero-order chi connectivity index (χ0) is 25.1. The molecule has 0 saturated carbocycles. The lowest BCUT2D eigenvalue weighted by Gasteiger charge is -2.20. The first-order chi connectivity index (χ1) is 16.9. The molecule has 0 bridgehead atoms. The molecule has 1 aliphatic heterocycles. The van der Waals surface area contributed by atoms with Crippen molar-refractivity contribution in [3.05, 3.63) is 47.1 Å². The third kappa shape index (κ3) is 4.93. The van der Waals surface area contributed by atoms with Gasteiger partial charge < -0.3 is 29.6 Å². The molecule has 3 aromatic rings. The smallest absolute Gasteiger partial charge is 0.243 e. The molecule has 0 radical (unpaired) electrons. The van der Waals surface area contributed by atoms with Crippen molar-refractivity contribution >= 4 is 45.7 Å². The Morgan fingerprint density at radius 3 is 2.40 bits per heavy atom. The molecule has 1 fully saturated rings. The molecule has 0 unspecified atom stereocenters. The summed E-state index contributed by atoms with van der Waals surface area (Å²) in [5, 5.41) is 8.25. The fourth-order valence-corrected chi connectivity index (χ4v) is 4.55. The van der Waals surface area contributed by atoms with Crippen LogP contribution in [0, 0.1) is 0 Å². The Morgan fingerprint density at radius 2 is 1.77 bits per heavy atom. The lowest BCUT2D eigenvalue weighted by Crippen LogP contribution is -2.45. The standard InChI is InChI=1S/C24H24Cl2N4O5/c1-5-20(31)29-16-11-35-10-15(16)28-19-7-13-12(9-27-19)6-14(30-24(13)34-4)21-22(25)17(32-2)8-18(33-3)23(21)26/h5-9,15-16H,1,10-11H2,2-4H3,(H,27,28)(H,29,31)/t15-,16+/m1/s1. The van der Waals surface area contributed by atoms with Crippen molar-refractivity contribution < 1.29 is 23.7 Å². The van der Waals surface area contributed by atoms with Crippen LogP contribution in [0.15, 0.2) is 37.1 Å². The molecular weight excluding hydrogens is 495 g/mol. The Balaban J connectivity index is 1.72. The minimum atomic E-state index is -0.260. The number of hydrogen-bond donors (Lipinski definition) is 2. The van der Waals surface area contributed by atoms with Gasteiger partial charge in [0.25, 0.3) is 0 Å². The summed E-state index contributed by atoms with van der Waals surface area (Å²) in [4.78, 5) is 20.9. The van der Waals surface area contributed by atoms with Crippen LogP contribution in [0.3, 0.4) is 0 Å². The maximum Gasteiger partial charge on any atom is 0.243 e. The monoisotopic (exact) mass is 518 g/mol. The fraction of sp³-hybridized carbons (Fsp3) is 0.292. The van der Waals surface area contributed by atoms with Crippen LogP contribution in [0.5, 0.6) is 17.4 Å². The molecular formula is C24H24Cl2N4O5. The van der Waals surface area contributed by atoms with E-state index < -0.39 is 0 Å². The van der Waals surface area contributed by atoms with E-state index in [-0.39, 0.29) is 18.0 Å². The number of fused-ring (bicyclic) bond motifs is 1. The van der Waals surface area contributed by atoms with E-state index in [1.54, 1.807) is 12.3 Å². The van der Waals surface area contributed by atoms with Gasteiger partial charge in [-0.15, -0.1) is 0 Å². The first kappa shape index (κ1) is 24.8. The lowest BCUT2D eigenvalue weighted by atomic mass is 10.1. The number of hydrogen-bond acceptors (Lipinski definition) is 8. The lowest BCUT2D eigenvalue weighted by molar-refractivity contribution is -0.117. The molecule has 0 spiro atoms. The van der Waals surface area contributed by atoms with E-state index in [9.17, 15) is 4.79 Å². The molecule has 1 amide bonds. The number of nitrogens with one attached hydrogen (secondary N) is 2. The molecule has 9 nitrogen and oxygen atoms in total. The van der Waals surface area contributed by atoms with Crippen molar-refractivity contribution in [2.45, 2.75) is 12.1 Å². The van der Waals surface area contributed by atoms with Crippen LogP contribution in [-0.2, 0) is 9.53 Å². The highest BCUT2D eigenvalue weighted by Crippen LogP contribution is 2.46. The van der Waals surface area contributed by atoms with Gasteiger partial charge in [0.05, 0.1) is 62.4 Å². The second-order valence-corrected chi connectivity index (χ2v) is 8.45. The number of pyridine rings is 2. The number of amides is 1. The molecule has 2 aromatic heterocycles. The van der Waals surface area contributed by atoms with Crippen LogP contribution in [0.4, 0.5) is 5.82 Å². The van der Waals surface area contributed by atoms with Crippen LogP contribution >= 0.6 is 23.2 Å². The molecule has 1 aliphatic rings. The molecule has 4 rings (SSSR count). The number of carbonyl (C=O) groups excluding carboxylic acids is 1. The van der Waals surface area contributed by atoms with Gasteiger partial charge in [-0.2, -0.15) is 0 Å². The van der Waals surface area contributed by atoms with E-state index in [0.717, 1.165) is 10.8 Å². The van der Waals surface area contributed by atoms with Crippen LogP contribution in [0.1, 0.15) is 0 Å². The third-order valence-corrected chi connectivity index (χ3v) is 6.38. The minimum Gasteiger partial charge on any atom is -0.495 e. The summed E-state index contributed by atoms with van der Waals surface area (Å²) in [6, 6.07) is 4.87. The Labute approximate surface area is 212 Å². The van der Waals surface area contributed by atoms with Crippen molar-refractivity contribution in [3.63, 3.8) is 0 Å². The topological polar surface area (TPSA) is 104 Å². The summed E-state index contributed by atoms with van der Waals surface area (Å²) in [5.74, 6) is 1.48. The highest BCUT2D eigenvalue weighted by molar-refractivity contribution is 6.41. The predicted molar refractivity (Wildman–Crippen MR) is 135 cm³/mol. The number of methoxy groups -OCH3 is 3. The molecule has 35 heavy (non-hydrogen) atoms. The number of carbonyl (C=O) groups is 1. The van der Waals surface area contributed by atoms with Gasteiger partial charge in [0.1, 0.15) is 17.3 Å². The summed E-state index contributed by atoms with van der Waals surface area (Å²) in [6.07, 6.45) is 2.92. The minimum absolute atomic E-state index is 0.163. The zero-order valence-corrected chi connectivity index (χ0v) is 20.9. The molecule has 2 atom stereocenters. The van der Waals surface area contributed by atoms with E-state index in [1.165, 1.54) is 27.4 Å². The van der Waals surface area contributed by atoms with Crippen molar-refractivity contribution in [3.8, 4) is 28.6 Å². The highest BCUT2D eigenvalue weighted by atomic mass is 35.5. The number of halogens is 2. The van der Waals surface area contributed by atoms with Gasteiger partial charge in [-0.1, -0.05) is 29.8 Å². The maximum atomic E-state index is 11.7. The van der Waals surface area contributed by atoms with Crippen molar-refractivity contribution in [2.75, 3.05) is 39.9 Å². The number of benzene rings is 1. The van der Waals surface area contributed by atoms with Gasteiger partial charge in [0.2, 0.25) is 11.8 Å². The highest BCUT2D eigenvalue weighted by Gasteiger charge is 2.29. The van der Waals surface area contributed by atoms with Crippen molar-refractivity contribution in [2.24, 2.45) is 0 Å². The van der Waals surface area contributed by atoms with E-state index >= 15 is 0 Å². The summed E-state index contributed by atoms with van der Waals surface area (Å²) < 4.78 is 21.9. The second kappa shape index (κ2) is 10.6. The molecule has 11 heteroatoms. The molecule has 184 valence electrons. The Morgan fingerprint density at radius 1 is 1.09 bits per heavy atom. The summed E-state index contributed by atoms with van der Waals surface area (Å²) in [7, 11) is 4.54. The first-order valence-electron chi connectivity index (χ1n) is 10.6. The molecule has 1 aromatic carbocycles. The zero-order valence-electron chi connectivity index (χ0n) is 19.4. The van der Waals surface area contributed by atoms with E-state index in [1.807, 2.05) is 12.1 Å². The maximum absolute atomic E-state index is 11.7. The summed E-state index contributed by atoms with van der Waals surface area (Å²) in [6.45, 7) is 4.30. The number of rotatable bonds is 8.